The highest BCUT2D eigenvalue weighted by atomic mass is 32.1. The number of carbonyl (C=O) groups excluding carboxylic acids is 1. The lowest BCUT2D eigenvalue weighted by Crippen LogP contribution is -2.14. The van der Waals surface area contributed by atoms with Crippen LogP contribution in [0, 0.1) is 13.8 Å². The lowest BCUT2D eigenvalue weighted by Gasteiger charge is -1.99. The molecule has 0 atom stereocenters. The molecular formula is C16H15N3O2S. The number of hydrogen-bond acceptors (Lipinski definition) is 5. The average molecular weight is 313 g/mol. The van der Waals surface area contributed by atoms with Gasteiger partial charge < -0.3 is 9.84 Å². The first-order valence-electron chi connectivity index (χ1n) is 6.87. The first-order valence-corrected chi connectivity index (χ1v) is 7.68. The van der Waals surface area contributed by atoms with Gasteiger partial charge in [-0.05, 0) is 13.8 Å². The maximum absolute atomic E-state index is 12.1. The Balaban J connectivity index is 1.73. The molecule has 1 amide bonds. The molecule has 0 unspecified atom stereocenters. The number of aromatic nitrogens is 2. The van der Waals surface area contributed by atoms with Crippen molar-refractivity contribution in [3.05, 3.63) is 52.7 Å². The van der Waals surface area contributed by atoms with E-state index in [2.05, 4.69) is 15.5 Å². The molecule has 3 rings (SSSR count). The molecule has 112 valence electrons. The Hall–Kier alpha value is -2.47. The minimum Gasteiger partial charge on any atom is -0.360 e. The average Bonchev–Trinajstić information content (AvgIpc) is 3.07. The summed E-state index contributed by atoms with van der Waals surface area (Å²) < 4.78 is 4.93. The van der Waals surface area contributed by atoms with Crippen molar-refractivity contribution >= 4 is 23.1 Å². The van der Waals surface area contributed by atoms with E-state index in [-0.39, 0.29) is 12.3 Å². The third-order valence-electron chi connectivity index (χ3n) is 3.13. The van der Waals surface area contributed by atoms with Crippen molar-refractivity contribution in [1.29, 1.82) is 0 Å². The highest BCUT2D eigenvalue weighted by molar-refractivity contribution is 7.15. The molecule has 0 aliphatic carbocycles. The van der Waals surface area contributed by atoms with Crippen LogP contribution in [0.25, 0.3) is 10.6 Å². The molecule has 0 saturated heterocycles. The zero-order chi connectivity index (χ0) is 15.5. The predicted octanol–water partition coefficient (Wildman–Crippen LogP) is 3.60. The normalized spacial score (nSPS) is 10.6. The maximum atomic E-state index is 12.1. The number of hydrogen-bond donors (Lipinski definition) is 1. The maximum Gasteiger partial charge on any atom is 0.230 e. The molecule has 2 heterocycles. The lowest BCUT2D eigenvalue weighted by atomic mass is 10.2. The SMILES string of the molecule is Cc1cc(NC(=O)Cc2sc(-c3ccccc3)nc2C)no1. The topological polar surface area (TPSA) is 68.0 Å². The Morgan fingerprint density at radius 3 is 2.73 bits per heavy atom. The van der Waals surface area contributed by atoms with E-state index in [1.54, 1.807) is 24.3 Å². The van der Waals surface area contributed by atoms with Crippen molar-refractivity contribution in [2.45, 2.75) is 20.3 Å². The van der Waals surface area contributed by atoms with E-state index in [4.69, 9.17) is 4.52 Å². The van der Waals surface area contributed by atoms with E-state index in [0.717, 1.165) is 21.1 Å². The summed E-state index contributed by atoms with van der Waals surface area (Å²) in [5, 5.41) is 7.40. The van der Waals surface area contributed by atoms with Crippen LogP contribution in [0.2, 0.25) is 0 Å². The standard InChI is InChI=1S/C16H15N3O2S/c1-10-8-14(19-21-10)18-15(20)9-13-11(2)17-16(22-13)12-6-4-3-5-7-12/h3-8H,9H2,1-2H3,(H,18,19,20). The van der Waals surface area contributed by atoms with Gasteiger partial charge in [0.25, 0.3) is 0 Å². The molecule has 0 fully saturated rings. The van der Waals surface area contributed by atoms with Crippen molar-refractivity contribution in [2.75, 3.05) is 5.32 Å². The van der Waals surface area contributed by atoms with Gasteiger partial charge >= 0.3 is 0 Å². The second kappa shape index (κ2) is 6.11. The molecule has 5 nitrogen and oxygen atoms in total. The molecule has 22 heavy (non-hydrogen) atoms. The second-order valence-corrected chi connectivity index (χ2v) is 6.03. The van der Waals surface area contributed by atoms with E-state index < -0.39 is 0 Å². The van der Waals surface area contributed by atoms with Gasteiger partial charge in [-0.25, -0.2) is 4.98 Å². The molecule has 0 aliphatic rings. The fourth-order valence-corrected chi connectivity index (χ4v) is 3.12. The number of thiazole rings is 1. The van der Waals surface area contributed by atoms with Crippen LogP contribution in [0.3, 0.4) is 0 Å². The Bertz CT molecular complexity index is 793. The Labute approximate surface area is 132 Å². The van der Waals surface area contributed by atoms with Crippen molar-refractivity contribution in [3.8, 4) is 10.6 Å². The van der Waals surface area contributed by atoms with Gasteiger partial charge in [0, 0.05) is 16.5 Å². The smallest absolute Gasteiger partial charge is 0.230 e. The monoisotopic (exact) mass is 313 g/mol. The van der Waals surface area contributed by atoms with E-state index in [0.29, 0.717) is 11.6 Å². The van der Waals surface area contributed by atoms with Crippen LogP contribution < -0.4 is 5.32 Å². The molecule has 0 bridgehead atoms. The number of anilines is 1. The zero-order valence-corrected chi connectivity index (χ0v) is 13.1. The van der Waals surface area contributed by atoms with E-state index >= 15 is 0 Å². The van der Waals surface area contributed by atoms with Gasteiger partial charge in [0.1, 0.15) is 10.8 Å². The fraction of sp³-hybridized carbons (Fsp3) is 0.188. The van der Waals surface area contributed by atoms with Crippen LogP contribution in [-0.2, 0) is 11.2 Å². The summed E-state index contributed by atoms with van der Waals surface area (Å²) >= 11 is 1.54. The number of aryl methyl sites for hydroxylation is 2. The number of nitrogens with one attached hydrogen (secondary N) is 1. The number of nitrogens with zero attached hydrogens (tertiary/aromatic N) is 2. The van der Waals surface area contributed by atoms with Crippen molar-refractivity contribution in [3.63, 3.8) is 0 Å². The summed E-state index contributed by atoms with van der Waals surface area (Å²) in [6, 6.07) is 11.6. The van der Waals surface area contributed by atoms with Crippen LogP contribution in [0.15, 0.2) is 40.9 Å². The highest BCUT2D eigenvalue weighted by Gasteiger charge is 2.14. The summed E-state index contributed by atoms with van der Waals surface area (Å²) in [6.07, 6.45) is 0.280. The summed E-state index contributed by atoms with van der Waals surface area (Å²) in [7, 11) is 0. The molecule has 0 aliphatic heterocycles. The molecule has 0 saturated carbocycles. The van der Waals surface area contributed by atoms with Crippen LogP contribution in [0.4, 0.5) is 5.82 Å². The molecular weight excluding hydrogens is 298 g/mol. The first-order chi connectivity index (χ1) is 10.6. The molecule has 0 radical (unpaired) electrons. The minimum absolute atomic E-state index is 0.125. The van der Waals surface area contributed by atoms with Gasteiger partial charge in [0.2, 0.25) is 5.91 Å². The van der Waals surface area contributed by atoms with Gasteiger partial charge in [0.05, 0.1) is 12.1 Å². The Morgan fingerprint density at radius 1 is 1.27 bits per heavy atom. The van der Waals surface area contributed by atoms with Gasteiger partial charge in [-0.1, -0.05) is 35.5 Å². The van der Waals surface area contributed by atoms with Gasteiger partial charge in [0.15, 0.2) is 5.82 Å². The third-order valence-corrected chi connectivity index (χ3v) is 4.34. The molecule has 6 heteroatoms. The van der Waals surface area contributed by atoms with Crippen LogP contribution in [0.1, 0.15) is 16.3 Å². The molecule has 1 N–H and O–H groups in total. The molecule has 0 spiro atoms. The summed E-state index contributed by atoms with van der Waals surface area (Å²) in [6.45, 7) is 3.70. The summed E-state index contributed by atoms with van der Waals surface area (Å²) in [4.78, 5) is 17.6. The number of carbonyl (C=O) groups is 1. The van der Waals surface area contributed by atoms with Gasteiger partial charge in [-0.3, -0.25) is 4.79 Å². The van der Waals surface area contributed by atoms with E-state index in [9.17, 15) is 4.79 Å². The van der Waals surface area contributed by atoms with Crippen LogP contribution >= 0.6 is 11.3 Å². The van der Waals surface area contributed by atoms with E-state index in [1.807, 2.05) is 37.3 Å². The summed E-state index contributed by atoms with van der Waals surface area (Å²) in [5.74, 6) is 0.975. The van der Waals surface area contributed by atoms with Gasteiger partial charge in [-0.15, -0.1) is 11.3 Å². The summed E-state index contributed by atoms with van der Waals surface area (Å²) in [5.41, 5.74) is 1.95. The molecule has 3 aromatic rings. The van der Waals surface area contributed by atoms with Crippen molar-refractivity contribution < 1.29 is 9.32 Å². The van der Waals surface area contributed by atoms with Crippen molar-refractivity contribution in [1.82, 2.24) is 10.1 Å². The fourth-order valence-electron chi connectivity index (χ4n) is 2.05. The van der Waals surface area contributed by atoms with Crippen molar-refractivity contribution in [2.24, 2.45) is 0 Å². The number of rotatable bonds is 4. The highest BCUT2D eigenvalue weighted by Crippen LogP contribution is 2.28. The lowest BCUT2D eigenvalue weighted by molar-refractivity contribution is -0.115. The quantitative estimate of drug-likeness (QED) is 0.799. The van der Waals surface area contributed by atoms with Crippen LogP contribution in [-0.4, -0.2) is 16.0 Å². The first kappa shape index (κ1) is 14.5. The largest absolute Gasteiger partial charge is 0.360 e. The Morgan fingerprint density at radius 2 is 2.05 bits per heavy atom. The van der Waals surface area contributed by atoms with E-state index in [1.165, 1.54) is 0 Å². The second-order valence-electron chi connectivity index (χ2n) is 4.94. The van der Waals surface area contributed by atoms with Crippen LogP contribution in [0.5, 0.6) is 0 Å². The third kappa shape index (κ3) is 3.23. The number of amides is 1. The number of benzene rings is 1. The minimum atomic E-state index is -0.125. The Kier molecular flexibility index (Phi) is 4.02. The van der Waals surface area contributed by atoms with Gasteiger partial charge in [-0.2, -0.15) is 0 Å². The molecule has 2 aromatic heterocycles. The zero-order valence-electron chi connectivity index (χ0n) is 12.3. The molecule has 1 aromatic carbocycles. The predicted molar refractivity (Wildman–Crippen MR) is 85.9 cm³/mol.